The van der Waals surface area contributed by atoms with Crippen molar-refractivity contribution in [3.63, 3.8) is 0 Å². The highest BCUT2D eigenvalue weighted by molar-refractivity contribution is 8.00. The number of carbonyl (C=O) groups excluding carboxylic acids is 1. The van der Waals surface area contributed by atoms with Crippen LogP contribution in [0.15, 0.2) is 24.3 Å². The highest BCUT2D eigenvalue weighted by Crippen LogP contribution is 2.11. The van der Waals surface area contributed by atoms with Crippen LogP contribution in [0.25, 0.3) is 0 Å². The second kappa shape index (κ2) is 8.42. The molecule has 0 saturated carbocycles. The van der Waals surface area contributed by atoms with E-state index in [-0.39, 0.29) is 17.4 Å². The molecular weight excluding hydrogens is 266 g/mol. The number of nitrogens with one attached hydrogen (secondary N) is 1. The first-order valence-electron chi connectivity index (χ1n) is 5.81. The fourth-order valence-corrected chi connectivity index (χ4v) is 1.98. The molecule has 0 aliphatic carbocycles. The van der Waals surface area contributed by atoms with Crippen LogP contribution in [0.2, 0.25) is 0 Å². The maximum absolute atomic E-state index is 11.4. The van der Waals surface area contributed by atoms with Crippen LogP contribution >= 0.6 is 11.8 Å². The number of aliphatic carboxylic acids is 1. The SMILES string of the molecule is COc1ccc(CCNC(=O)CSCC(=O)O)cc1. The lowest BCUT2D eigenvalue weighted by molar-refractivity contribution is -0.133. The van der Waals surface area contributed by atoms with E-state index in [9.17, 15) is 9.59 Å². The average molecular weight is 283 g/mol. The van der Waals surface area contributed by atoms with E-state index in [2.05, 4.69) is 5.32 Å². The minimum absolute atomic E-state index is 0.0497. The molecule has 0 saturated heterocycles. The van der Waals surface area contributed by atoms with Crippen LogP contribution in [0.5, 0.6) is 5.75 Å². The van der Waals surface area contributed by atoms with E-state index in [4.69, 9.17) is 9.84 Å². The van der Waals surface area contributed by atoms with Gasteiger partial charge in [0.2, 0.25) is 5.91 Å². The second-order valence-electron chi connectivity index (χ2n) is 3.83. The molecule has 0 unspecified atom stereocenters. The maximum Gasteiger partial charge on any atom is 0.313 e. The summed E-state index contributed by atoms with van der Waals surface area (Å²) in [5.74, 6) is -0.116. The number of amides is 1. The van der Waals surface area contributed by atoms with E-state index in [1.807, 2.05) is 24.3 Å². The first-order valence-corrected chi connectivity index (χ1v) is 6.96. The van der Waals surface area contributed by atoms with Crippen molar-refractivity contribution in [2.24, 2.45) is 0 Å². The number of thioether (sulfide) groups is 1. The normalized spacial score (nSPS) is 9.95. The van der Waals surface area contributed by atoms with Gasteiger partial charge < -0.3 is 15.2 Å². The lowest BCUT2D eigenvalue weighted by Crippen LogP contribution is -2.27. The van der Waals surface area contributed by atoms with Gasteiger partial charge in [-0.25, -0.2) is 0 Å². The van der Waals surface area contributed by atoms with Crippen molar-refractivity contribution in [3.05, 3.63) is 29.8 Å². The zero-order valence-corrected chi connectivity index (χ0v) is 11.5. The molecule has 1 rings (SSSR count). The average Bonchev–Trinajstić information content (AvgIpc) is 2.39. The summed E-state index contributed by atoms with van der Waals surface area (Å²) >= 11 is 1.09. The van der Waals surface area contributed by atoms with Gasteiger partial charge in [0.25, 0.3) is 0 Å². The van der Waals surface area contributed by atoms with E-state index in [1.54, 1.807) is 7.11 Å². The Bertz CT molecular complexity index is 419. The number of ether oxygens (including phenoxy) is 1. The summed E-state index contributed by atoms with van der Waals surface area (Å²) in [6, 6.07) is 7.65. The number of carboxylic acids is 1. The molecule has 0 heterocycles. The molecule has 0 fully saturated rings. The molecule has 0 aromatic heterocycles. The second-order valence-corrected chi connectivity index (χ2v) is 4.82. The van der Waals surface area contributed by atoms with Crippen LogP contribution in [0.3, 0.4) is 0 Å². The molecule has 0 spiro atoms. The number of benzene rings is 1. The molecule has 6 heteroatoms. The third-order valence-corrected chi connectivity index (χ3v) is 3.27. The Balaban J connectivity index is 2.18. The molecule has 1 aromatic carbocycles. The van der Waals surface area contributed by atoms with Gasteiger partial charge in [0, 0.05) is 6.54 Å². The Morgan fingerprint density at radius 1 is 1.26 bits per heavy atom. The molecule has 0 bridgehead atoms. The molecule has 1 amide bonds. The summed E-state index contributed by atoms with van der Waals surface area (Å²) in [7, 11) is 1.62. The molecule has 1 aromatic rings. The number of hydrogen-bond acceptors (Lipinski definition) is 4. The summed E-state index contributed by atoms with van der Waals surface area (Å²) in [4.78, 5) is 21.6. The smallest absolute Gasteiger partial charge is 0.313 e. The number of hydrogen-bond donors (Lipinski definition) is 2. The van der Waals surface area contributed by atoms with Crippen LogP contribution in [-0.4, -0.2) is 42.1 Å². The quantitative estimate of drug-likeness (QED) is 0.749. The third kappa shape index (κ3) is 6.71. The molecule has 104 valence electrons. The Kier molecular flexibility index (Phi) is 6.81. The van der Waals surface area contributed by atoms with Crippen LogP contribution in [0.1, 0.15) is 5.56 Å². The van der Waals surface area contributed by atoms with Crippen molar-refractivity contribution < 1.29 is 19.4 Å². The fourth-order valence-electron chi connectivity index (χ4n) is 1.42. The summed E-state index contributed by atoms with van der Waals surface area (Å²) in [6.45, 7) is 0.540. The van der Waals surface area contributed by atoms with Gasteiger partial charge in [-0.1, -0.05) is 12.1 Å². The topological polar surface area (TPSA) is 75.6 Å². The van der Waals surface area contributed by atoms with E-state index in [0.29, 0.717) is 6.54 Å². The predicted molar refractivity (Wildman–Crippen MR) is 74.7 cm³/mol. The third-order valence-electron chi connectivity index (χ3n) is 2.35. The summed E-state index contributed by atoms with van der Waals surface area (Å²) < 4.78 is 5.06. The number of carboxylic acid groups (broad SMARTS) is 1. The number of carbonyl (C=O) groups is 2. The van der Waals surface area contributed by atoms with E-state index in [1.165, 1.54) is 0 Å². The summed E-state index contributed by atoms with van der Waals surface area (Å²) in [6.07, 6.45) is 0.735. The molecular formula is C13H17NO4S. The Morgan fingerprint density at radius 3 is 2.53 bits per heavy atom. The minimum atomic E-state index is -0.906. The molecule has 0 radical (unpaired) electrons. The lowest BCUT2D eigenvalue weighted by Gasteiger charge is -2.05. The molecule has 19 heavy (non-hydrogen) atoms. The molecule has 0 aliphatic heterocycles. The van der Waals surface area contributed by atoms with Crippen molar-refractivity contribution in [3.8, 4) is 5.75 Å². The lowest BCUT2D eigenvalue weighted by atomic mass is 10.1. The highest BCUT2D eigenvalue weighted by Gasteiger charge is 2.03. The van der Waals surface area contributed by atoms with Crippen molar-refractivity contribution in [2.75, 3.05) is 25.2 Å². The highest BCUT2D eigenvalue weighted by atomic mass is 32.2. The van der Waals surface area contributed by atoms with Crippen molar-refractivity contribution in [2.45, 2.75) is 6.42 Å². The van der Waals surface area contributed by atoms with Gasteiger partial charge in [-0.2, -0.15) is 0 Å². The number of methoxy groups -OCH3 is 1. The molecule has 0 atom stereocenters. The van der Waals surface area contributed by atoms with E-state index < -0.39 is 5.97 Å². The first-order chi connectivity index (χ1) is 9.11. The van der Waals surface area contributed by atoms with Crippen LogP contribution in [0.4, 0.5) is 0 Å². The summed E-state index contributed by atoms with van der Waals surface area (Å²) in [5, 5.41) is 11.2. The minimum Gasteiger partial charge on any atom is -0.497 e. The Hall–Kier alpha value is -1.69. The van der Waals surface area contributed by atoms with E-state index in [0.717, 1.165) is 29.5 Å². The monoisotopic (exact) mass is 283 g/mol. The molecule has 2 N–H and O–H groups in total. The van der Waals surface area contributed by atoms with Gasteiger partial charge in [-0.3, -0.25) is 9.59 Å². The predicted octanol–water partition coefficient (Wildman–Crippen LogP) is 1.17. The fraction of sp³-hybridized carbons (Fsp3) is 0.385. The van der Waals surface area contributed by atoms with Gasteiger partial charge in [0.15, 0.2) is 0 Å². The molecule has 5 nitrogen and oxygen atoms in total. The van der Waals surface area contributed by atoms with Gasteiger partial charge in [-0.05, 0) is 24.1 Å². The van der Waals surface area contributed by atoms with Crippen LogP contribution < -0.4 is 10.1 Å². The van der Waals surface area contributed by atoms with Crippen molar-refractivity contribution >= 4 is 23.6 Å². The zero-order valence-electron chi connectivity index (χ0n) is 10.7. The van der Waals surface area contributed by atoms with Gasteiger partial charge in [0.1, 0.15) is 5.75 Å². The van der Waals surface area contributed by atoms with Gasteiger partial charge >= 0.3 is 5.97 Å². The Morgan fingerprint density at radius 2 is 1.95 bits per heavy atom. The maximum atomic E-state index is 11.4. The standard InChI is InChI=1S/C13H17NO4S/c1-18-11-4-2-10(3-5-11)6-7-14-12(15)8-19-9-13(16)17/h2-5H,6-9H2,1H3,(H,14,15)(H,16,17). The van der Waals surface area contributed by atoms with Crippen molar-refractivity contribution in [1.29, 1.82) is 0 Å². The van der Waals surface area contributed by atoms with Crippen LogP contribution in [0, 0.1) is 0 Å². The van der Waals surface area contributed by atoms with Crippen molar-refractivity contribution in [1.82, 2.24) is 5.32 Å². The Labute approximate surface area is 116 Å². The largest absolute Gasteiger partial charge is 0.497 e. The van der Waals surface area contributed by atoms with Gasteiger partial charge in [-0.15, -0.1) is 11.8 Å². The van der Waals surface area contributed by atoms with Gasteiger partial charge in [0.05, 0.1) is 18.6 Å². The van der Waals surface area contributed by atoms with E-state index >= 15 is 0 Å². The number of rotatable bonds is 8. The van der Waals surface area contributed by atoms with Crippen LogP contribution in [-0.2, 0) is 16.0 Å². The molecule has 0 aliphatic rings. The summed E-state index contributed by atoms with van der Waals surface area (Å²) in [5.41, 5.74) is 1.11. The first kappa shape index (κ1) is 15.4. The zero-order chi connectivity index (χ0) is 14.1.